The summed E-state index contributed by atoms with van der Waals surface area (Å²) < 4.78 is 0. The highest BCUT2D eigenvalue weighted by Crippen LogP contribution is 2.24. The highest BCUT2D eigenvalue weighted by molar-refractivity contribution is 6.08. The lowest BCUT2D eigenvalue weighted by atomic mass is 10.1. The van der Waals surface area contributed by atoms with Crippen molar-refractivity contribution in [1.29, 1.82) is 0 Å². The van der Waals surface area contributed by atoms with Crippen molar-refractivity contribution in [2.45, 2.75) is 58.4 Å². The lowest BCUT2D eigenvalue weighted by Gasteiger charge is -2.26. The van der Waals surface area contributed by atoms with Crippen LogP contribution in [-0.2, 0) is 19.2 Å². The van der Waals surface area contributed by atoms with E-state index in [1.165, 1.54) is 13.8 Å². The Hall–Kier alpha value is -1.52. The molecule has 0 heterocycles. The number of nitrogens with zero attached hydrogens (tertiary/aromatic N) is 1. The number of ketones is 2. The van der Waals surface area contributed by atoms with Crippen LogP contribution in [0.3, 0.4) is 0 Å². The van der Waals surface area contributed by atoms with Gasteiger partial charge >= 0.3 is 0 Å². The van der Waals surface area contributed by atoms with Gasteiger partial charge in [-0.1, -0.05) is 12.8 Å². The number of amides is 2. The van der Waals surface area contributed by atoms with Gasteiger partial charge in [0.2, 0.25) is 11.8 Å². The van der Waals surface area contributed by atoms with Crippen LogP contribution < -0.4 is 0 Å². The van der Waals surface area contributed by atoms with Crippen molar-refractivity contribution in [3.63, 3.8) is 0 Å². The maximum absolute atomic E-state index is 11.9. The first kappa shape index (κ1) is 14.5. The van der Waals surface area contributed by atoms with E-state index in [0.717, 1.165) is 30.6 Å². The number of carbonyl (C=O) groups excluding carboxylic acids is 4. The average molecular weight is 253 g/mol. The molecule has 0 aromatic rings. The highest BCUT2D eigenvalue weighted by Gasteiger charge is 2.32. The van der Waals surface area contributed by atoms with Crippen molar-refractivity contribution >= 4 is 23.4 Å². The van der Waals surface area contributed by atoms with Gasteiger partial charge < -0.3 is 0 Å². The zero-order valence-corrected chi connectivity index (χ0v) is 10.9. The molecule has 0 saturated heterocycles. The van der Waals surface area contributed by atoms with Gasteiger partial charge in [-0.25, -0.2) is 0 Å². The molecule has 0 aliphatic heterocycles. The van der Waals surface area contributed by atoms with E-state index in [9.17, 15) is 19.2 Å². The normalized spacial score (nSPS) is 15.4. The molecule has 1 rings (SSSR count). The molecule has 0 radical (unpaired) electrons. The van der Waals surface area contributed by atoms with E-state index in [4.69, 9.17) is 0 Å². The molecule has 0 spiro atoms. The Balaban J connectivity index is 2.79. The third kappa shape index (κ3) is 4.05. The molecule has 5 nitrogen and oxygen atoms in total. The maximum atomic E-state index is 11.9. The van der Waals surface area contributed by atoms with E-state index in [1.54, 1.807) is 0 Å². The van der Waals surface area contributed by atoms with Gasteiger partial charge in [0.15, 0.2) is 0 Å². The summed E-state index contributed by atoms with van der Waals surface area (Å²) in [5.74, 6) is -1.47. The van der Waals surface area contributed by atoms with Crippen LogP contribution >= 0.6 is 0 Å². The van der Waals surface area contributed by atoms with Crippen LogP contribution in [0.15, 0.2) is 0 Å². The minimum Gasteiger partial charge on any atom is -0.299 e. The number of Topliss-reactive ketones (excluding diaryl/α,β-unsaturated/α-hetero) is 2. The summed E-state index contributed by atoms with van der Waals surface area (Å²) in [6.07, 6.45) is 2.96. The van der Waals surface area contributed by atoms with E-state index < -0.39 is 11.8 Å². The molecular weight excluding hydrogens is 234 g/mol. The number of imide groups is 1. The Bertz CT molecular complexity index is 341. The van der Waals surface area contributed by atoms with Crippen LogP contribution in [0.25, 0.3) is 0 Å². The van der Waals surface area contributed by atoms with Crippen molar-refractivity contribution in [3.05, 3.63) is 0 Å². The Morgan fingerprint density at radius 2 is 1.28 bits per heavy atom. The fourth-order valence-electron chi connectivity index (χ4n) is 2.31. The molecule has 100 valence electrons. The van der Waals surface area contributed by atoms with Crippen molar-refractivity contribution in [2.24, 2.45) is 0 Å². The van der Waals surface area contributed by atoms with E-state index in [1.807, 2.05) is 0 Å². The van der Waals surface area contributed by atoms with Gasteiger partial charge in [0.25, 0.3) is 0 Å². The number of carbonyl (C=O) groups is 4. The lowest BCUT2D eigenvalue weighted by Crippen LogP contribution is -2.44. The van der Waals surface area contributed by atoms with Gasteiger partial charge in [-0.3, -0.25) is 24.1 Å². The molecule has 0 unspecified atom stereocenters. The molecule has 0 atom stereocenters. The zero-order valence-electron chi connectivity index (χ0n) is 10.9. The van der Waals surface area contributed by atoms with E-state index in [-0.39, 0.29) is 30.4 Å². The predicted molar refractivity (Wildman–Crippen MR) is 64.7 cm³/mol. The monoisotopic (exact) mass is 253 g/mol. The second kappa shape index (κ2) is 6.42. The van der Waals surface area contributed by atoms with E-state index in [0.29, 0.717) is 0 Å². The summed E-state index contributed by atoms with van der Waals surface area (Å²) in [6.45, 7) is 2.64. The molecule has 1 aliphatic rings. The Labute approximate surface area is 107 Å². The summed E-state index contributed by atoms with van der Waals surface area (Å²) in [6, 6.07) is -0.135. The second-order valence-corrected chi connectivity index (χ2v) is 4.85. The Morgan fingerprint density at radius 3 is 1.61 bits per heavy atom. The van der Waals surface area contributed by atoms with Gasteiger partial charge in [0, 0.05) is 6.04 Å². The topological polar surface area (TPSA) is 71.5 Å². The SMILES string of the molecule is CC(=O)CC(=O)N(C(=O)CC(C)=O)C1CCCC1. The first-order chi connectivity index (χ1) is 8.41. The smallest absolute Gasteiger partial charge is 0.236 e. The third-order valence-electron chi connectivity index (χ3n) is 3.03. The quantitative estimate of drug-likeness (QED) is 0.691. The van der Waals surface area contributed by atoms with Crippen LogP contribution in [0, 0.1) is 0 Å². The van der Waals surface area contributed by atoms with Crippen LogP contribution in [0.4, 0.5) is 0 Å². The first-order valence-corrected chi connectivity index (χ1v) is 6.25. The van der Waals surface area contributed by atoms with Gasteiger partial charge in [-0.2, -0.15) is 0 Å². The summed E-state index contributed by atoms with van der Waals surface area (Å²) in [7, 11) is 0. The molecule has 18 heavy (non-hydrogen) atoms. The molecule has 1 saturated carbocycles. The van der Waals surface area contributed by atoms with Crippen molar-refractivity contribution < 1.29 is 19.2 Å². The molecule has 0 aromatic heterocycles. The van der Waals surface area contributed by atoms with Crippen molar-refractivity contribution in [2.75, 3.05) is 0 Å². The average Bonchev–Trinajstić information content (AvgIpc) is 2.68. The fourth-order valence-corrected chi connectivity index (χ4v) is 2.31. The molecular formula is C13H19NO4. The van der Waals surface area contributed by atoms with E-state index in [2.05, 4.69) is 0 Å². The molecule has 5 heteroatoms. The predicted octanol–water partition coefficient (Wildman–Crippen LogP) is 1.24. The van der Waals surface area contributed by atoms with Crippen LogP contribution in [0.5, 0.6) is 0 Å². The van der Waals surface area contributed by atoms with Crippen LogP contribution in [0.2, 0.25) is 0 Å². The first-order valence-electron chi connectivity index (χ1n) is 6.25. The Kier molecular flexibility index (Phi) is 5.19. The molecule has 2 amide bonds. The summed E-state index contributed by atoms with van der Waals surface area (Å²) in [5.41, 5.74) is 0. The number of hydrogen-bond donors (Lipinski definition) is 0. The summed E-state index contributed by atoms with van der Waals surface area (Å²) in [4.78, 5) is 47.0. The van der Waals surface area contributed by atoms with Gasteiger partial charge in [0.1, 0.15) is 11.6 Å². The maximum Gasteiger partial charge on any atom is 0.236 e. The Morgan fingerprint density at radius 1 is 0.889 bits per heavy atom. The number of rotatable bonds is 5. The largest absolute Gasteiger partial charge is 0.299 e. The van der Waals surface area contributed by atoms with Gasteiger partial charge in [0.05, 0.1) is 12.8 Å². The highest BCUT2D eigenvalue weighted by atomic mass is 16.2. The molecule has 0 bridgehead atoms. The molecule has 0 N–H and O–H groups in total. The molecule has 1 fully saturated rings. The minimum absolute atomic E-state index is 0.135. The summed E-state index contributed by atoms with van der Waals surface area (Å²) >= 11 is 0. The molecule has 1 aliphatic carbocycles. The molecule has 0 aromatic carbocycles. The van der Waals surface area contributed by atoms with Crippen molar-refractivity contribution in [1.82, 2.24) is 4.90 Å². The van der Waals surface area contributed by atoms with Gasteiger partial charge in [-0.05, 0) is 26.7 Å². The van der Waals surface area contributed by atoms with Gasteiger partial charge in [-0.15, -0.1) is 0 Å². The standard InChI is InChI=1S/C13H19NO4/c1-9(15)7-12(17)14(11-5-3-4-6-11)13(18)8-10(2)16/h11H,3-8H2,1-2H3. The zero-order chi connectivity index (χ0) is 13.7. The van der Waals surface area contributed by atoms with Crippen LogP contribution in [-0.4, -0.2) is 34.3 Å². The number of hydrogen-bond acceptors (Lipinski definition) is 4. The van der Waals surface area contributed by atoms with Crippen molar-refractivity contribution in [3.8, 4) is 0 Å². The third-order valence-corrected chi connectivity index (χ3v) is 3.03. The second-order valence-electron chi connectivity index (χ2n) is 4.85. The minimum atomic E-state index is -0.472. The lowest BCUT2D eigenvalue weighted by molar-refractivity contribution is -0.148. The summed E-state index contributed by atoms with van der Waals surface area (Å²) in [5, 5.41) is 0. The fraction of sp³-hybridized carbons (Fsp3) is 0.692. The van der Waals surface area contributed by atoms with Crippen LogP contribution in [0.1, 0.15) is 52.4 Å². The van der Waals surface area contributed by atoms with E-state index >= 15 is 0 Å².